The fourth-order valence-electron chi connectivity index (χ4n) is 0. The van der Waals surface area contributed by atoms with E-state index in [4.69, 9.17) is 0 Å². The van der Waals surface area contributed by atoms with Crippen molar-refractivity contribution in [2.75, 3.05) is 0 Å². The molecule has 6 heteroatoms. The maximum atomic E-state index is 0. The van der Waals surface area contributed by atoms with Crippen LogP contribution in [0.15, 0.2) is 0 Å². The minimum atomic E-state index is 0. The first-order valence-electron chi connectivity index (χ1n) is 0. The Morgan fingerprint density at radius 1 is 1.00 bits per heavy atom. The Hall–Kier alpha value is 3.32. The van der Waals surface area contributed by atoms with Crippen molar-refractivity contribution in [1.82, 2.24) is 0 Å². The molecule has 0 N–H and O–H groups in total. The van der Waals surface area contributed by atoms with E-state index in [1.165, 1.54) is 0 Å². The van der Waals surface area contributed by atoms with E-state index in [0.717, 1.165) is 0 Å². The fraction of sp³-hybridized carbons (Fsp3) is 0. The van der Waals surface area contributed by atoms with E-state index in [0.29, 0.717) is 0 Å². The van der Waals surface area contributed by atoms with Crippen LogP contribution in [-0.4, -0.2) is 75.0 Å². The van der Waals surface area contributed by atoms with E-state index in [-0.39, 0.29) is 109 Å². The summed E-state index contributed by atoms with van der Waals surface area (Å²) < 4.78 is 0. The van der Waals surface area contributed by atoms with E-state index in [1.807, 2.05) is 0 Å². The maximum absolute atomic E-state index is 0. The second-order valence-corrected chi connectivity index (χ2v) is 0. The predicted molar refractivity (Wildman–Crippen MR) is 38.4 cm³/mol. The average molecular weight is 340 g/mol. The van der Waals surface area contributed by atoms with Gasteiger partial charge in [-0.15, -0.1) is 0 Å². The average Bonchev–Trinajstić information content (AvgIpc) is 0. The molecule has 0 aromatic heterocycles. The van der Waals surface area contributed by atoms with E-state index in [9.17, 15) is 0 Å². The van der Waals surface area contributed by atoms with Crippen molar-refractivity contribution in [1.29, 1.82) is 0 Å². The molecule has 0 bridgehead atoms. The van der Waals surface area contributed by atoms with Crippen LogP contribution in [0.5, 0.6) is 0 Å². The van der Waals surface area contributed by atoms with Crippen molar-refractivity contribution < 1.29 is 33.6 Å². The van der Waals surface area contributed by atoms with Gasteiger partial charge in [0, 0.05) is 33.6 Å². The molecule has 1 radical (unpaired) electrons. The van der Waals surface area contributed by atoms with Gasteiger partial charge >= 0.3 is 46.7 Å². The van der Waals surface area contributed by atoms with E-state index < -0.39 is 0 Å². The SMILES string of the molecule is [AlH3].[Cu].[MgH2].[Ni].[SiH4].[TeH2]. The first kappa shape index (κ1) is 58.6. The van der Waals surface area contributed by atoms with Crippen LogP contribution in [0, 0.1) is 0 Å². The van der Waals surface area contributed by atoms with Gasteiger partial charge in [0.25, 0.3) is 0 Å². The molecule has 0 atom stereocenters. The molecule has 0 heterocycles. The third kappa shape index (κ3) is 26.5. The standard InChI is InChI=1S/Al.Cu.Mg.Ni.H4Si.H2Te.5H/h;;;;1H4;1H2;;;;;. The summed E-state index contributed by atoms with van der Waals surface area (Å²) in [5.74, 6) is 0. The third-order valence-electron chi connectivity index (χ3n) is 0. The zero-order valence-corrected chi connectivity index (χ0v) is 5.90. The van der Waals surface area contributed by atoms with E-state index in [1.54, 1.807) is 0 Å². The van der Waals surface area contributed by atoms with Gasteiger partial charge < -0.3 is 0 Å². The molecule has 0 fully saturated rings. The third-order valence-corrected chi connectivity index (χ3v) is 0. The van der Waals surface area contributed by atoms with Crippen molar-refractivity contribution in [2.24, 2.45) is 0 Å². The molecule has 0 nitrogen and oxygen atoms in total. The van der Waals surface area contributed by atoms with Crippen LogP contribution < -0.4 is 0 Å². The molecule has 6 heavy (non-hydrogen) atoms. The zero-order chi connectivity index (χ0) is 0. The summed E-state index contributed by atoms with van der Waals surface area (Å²) in [7, 11) is 0. The Kier molecular flexibility index (Phi) is 395. The van der Waals surface area contributed by atoms with Gasteiger partial charge in [-0.2, -0.15) is 0 Å². The topological polar surface area (TPSA) is 0 Å². The summed E-state index contributed by atoms with van der Waals surface area (Å²) >= 11 is 0. The van der Waals surface area contributed by atoms with Gasteiger partial charge in [0.2, 0.25) is 0 Å². The molecule has 0 saturated heterocycles. The first-order chi connectivity index (χ1) is 0. The van der Waals surface area contributed by atoms with Gasteiger partial charge in [0.05, 0.1) is 0 Å². The summed E-state index contributed by atoms with van der Waals surface area (Å²) in [6.45, 7) is 0. The van der Waals surface area contributed by atoms with Gasteiger partial charge in [-0.05, 0) is 11.0 Å². The molecule has 0 amide bonds. The Morgan fingerprint density at radius 3 is 1.00 bits per heavy atom. The van der Waals surface area contributed by atoms with Crippen molar-refractivity contribution in [3.05, 3.63) is 0 Å². The molecule has 0 rings (SSSR count). The van der Waals surface area contributed by atoms with Gasteiger partial charge in [0.15, 0.2) is 17.4 Å². The summed E-state index contributed by atoms with van der Waals surface area (Å²) in [4.78, 5) is 0. The zero-order valence-electron chi connectivity index (χ0n) is 1.12. The Bertz CT molecular complexity index is 15.5. The van der Waals surface area contributed by atoms with Crippen molar-refractivity contribution in [3.63, 3.8) is 0 Å². The van der Waals surface area contributed by atoms with Gasteiger partial charge in [-0.25, -0.2) is 0 Å². The van der Waals surface area contributed by atoms with Gasteiger partial charge in [0.1, 0.15) is 0 Å². The minimum absolute atomic E-state index is 0. The Labute approximate surface area is 107 Å². The van der Waals surface area contributed by atoms with Crippen molar-refractivity contribution >= 4 is 75.0 Å². The molecular weight excluding hydrogens is 329 g/mol. The van der Waals surface area contributed by atoms with Crippen LogP contribution in [0.1, 0.15) is 0 Å². The summed E-state index contributed by atoms with van der Waals surface area (Å²) in [5, 5.41) is 0. The Balaban J connectivity index is 0. The summed E-state index contributed by atoms with van der Waals surface area (Å²) in [6.07, 6.45) is 0. The molecule has 0 aliphatic rings. The molecule has 0 aromatic carbocycles. The van der Waals surface area contributed by atoms with Crippen molar-refractivity contribution in [3.8, 4) is 0 Å². The molecule has 0 unspecified atom stereocenters. The fourth-order valence-corrected chi connectivity index (χ4v) is 0. The van der Waals surface area contributed by atoms with Crippen LogP contribution in [0.4, 0.5) is 0 Å². The van der Waals surface area contributed by atoms with Crippen LogP contribution in [0.25, 0.3) is 0 Å². The van der Waals surface area contributed by atoms with E-state index in [2.05, 4.69) is 0 Å². The van der Waals surface area contributed by atoms with Gasteiger partial charge in [-0.1, -0.05) is 0 Å². The van der Waals surface area contributed by atoms with E-state index >= 15 is 0 Å². The van der Waals surface area contributed by atoms with Crippen molar-refractivity contribution in [2.45, 2.75) is 0 Å². The monoisotopic (exact) mass is 341 g/mol. The second kappa shape index (κ2) is 40.5. The molecule has 0 aliphatic carbocycles. The quantitative estimate of drug-likeness (QED) is 0.390. The summed E-state index contributed by atoms with van der Waals surface area (Å²) in [5.41, 5.74) is 0. The van der Waals surface area contributed by atoms with Crippen LogP contribution >= 0.6 is 0 Å². The number of hydrogen-bond acceptors (Lipinski definition) is 0. The number of rotatable bonds is 0. The molecule has 0 saturated carbocycles. The number of hydrogen-bond donors (Lipinski definition) is 0. The van der Waals surface area contributed by atoms with Crippen LogP contribution in [-0.2, 0) is 33.6 Å². The normalized spacial score (nSPS) is 0. The Morgan fingerprint density at radius 2 is 1.00 bits per heavy atom. The second-order valence-electron chi connectivity index (χ2n) is 0. The molecular formula is H11AlCuMgNiSiTe. The summed E-state index contributed by atoms with van der Waals surface area (Å²) in [6, 6.07) is 0. The van der Waals surface area contributed by atoms with Gasteiger partial charge in [-0.3, -0.25) is 0 Å². The van der Waals surface area contributed by atoms with Crippen LogP contribution in [0.3, 0.4) is 0 Å². The van der Waals surface area contributed by atoms with Crippen LogP contribution in [0.2, 0.25) is 0 Å². The molecule has 0 aromatic rings. The molecule has 0 aliphatic heterocycles. The first-order valence-corrected chi connectivity index (χ1v) is 0. The molecule has 47 valence electrons. The predicted octanol–water partition coefficient (Wildman–Crippen LogP) is -4.47. The molecule has 0 spiro atoms.